The number of alkyl halides is 3. The zero-order valence-corrected chi connectivity index (χ0v) is 16.8. The summed E-state index contributed by atoms with van der Waals surface area (Å²) in [5.41, 5.74) is -0.681. The molecular weight excluding hydrogens is 407 g/mol. The van der Waals surface area contributed by atoms with E-state index >= 15 is 0 Å². The van der Waals surface area contributed by atoms with Gasteiger partial charge < -0.3 is 10.2 Å². The van der Waals surface area contributed by atoms with Gasteiger partial charge in [0.25, 0.3) is 0 Å². The Hall–Kier alpha value is -2.06. The Balaban J connectivity index is 1.55. The largest absolute Gasteiger partial charge is 0.416 e. The van der Waals surface area contributed by atoms with Crippen molar-refractivity contribution in [1.29, 1.82) is 0 Å². The summed E-state index contributed by atoms with van der Waals surface area (Å²) in [6.07, 6.45) is 0.125. The van der Waals surface area contributed by atoms with Crippen LogP contribution in [0.3, 0.4) is 0 Å². The Labute approximate surface area is 172 Å². The Morgan fingerprint density at radius 1 is 1.21 bits per heavy atom. The molecule has 1 aliphatic carbocycles. The van der Waals surface area contributed by atoms with Crippen molar-refractivity contribution < 1.29 is 22.8 Å². The fourth-order valence-electron chi connectivity index (χ4n) is 3.16. The van der Waals surface area contributed by atoms with Gasteiger partial charge in [-0.15, -0.1) is 0 Å². The molecule has 1 atom stereocenters. The third-order valence-corrected chi connectivity index (χ3v) is 5.55. The van der Waals surface area contributed by atoms with Crippen LogP contribution in [-0.2, 0) is 15.8 Å². The second-order valence-electron chi connectivity index (χ2n) is 7.39. The highest BCUT2D eigenvalue weighted by molar-refractivity contribution is 6.32. The summed E-state index contributed by atoms with van der Waals surface area (Å²) in [7, 11) is 0. The number of piperazine rings is 1. The van der Waals surface area contributed by atoms with E-state index in [2.05, 4.69) is 5.32 Å². The number of halogens is 4. The molecule has 9 heteroatoms. The first kappa shape index (κ1) is 21.6. The van der Waals surface area contributed by atoms with Crippen molar-refractivity contribution in [2.45, 2.75) is 38.0 Å². The average Bonchev–Trinajstić information content (AvgIpc) is 3.49. The number of benzene rings is 1. The SMILES string of the molecule is CC(C(=O)NC1CC1)N1CCN(C(=O)/C=C/c2cc(C(F)(F)F)ccc2Cl)CC1. The van der Waals surface area contributed by atoms with E-state index in [9.17, 15) is 22.8 Å². The van der Waals surface area contributed by atoms with E-state index in [0.29, 0.717) is 32.2 Å². The second-order valence-corrected chi connectivity index (χ2v) is 7.79. The third-order valence-electron chi connectivity index (χ3n) is 5.21. The Morgan fingerprint density at radius 2 is 1.86 bits per heavy atom. The topological polar surface area (TPSA) is 52.7 Å². The lowest BCUT2D eigenvalue weighted by Crippen LogP contribution is -2.55. The normalized spacial score (nSPS) is 19.4. The summed E-state index contributed by atoms with van der Waals surface area (Å²) in [5, 5.41) is 3.12. The quantitative estimate of drug-likeness (QED) is 0.731. The van der Waals surface area contributed by atoms with Gasteiger partial charge in [0.15, 0.2) is 0 Å². The van der Waals surface area contributed by atoms with E-state index in [1.54, 1.807) is 4.90 Å². The summed E-state index contributed by atoms with van der Waals surface area (Å²) < 4.78 is 38.5. The lowest BCUT2D eigenvalue weighted by Gasteiger charge is -2.37. The highest BCUT2D eigenvalue weighted by Crippen LogP contribution is 2.32. The molecule has 1 aromatic carbocycles. The van der Waals surface area contributed by atoms with Gasteiger partial charge in [-0.25, -0.2) is 0 Å². The summed E-state index contributed by atoms with van der Waals surface area (Å²) >= 11 is 5.95. The minimum absolute atomic E-state index is 0.00589. The molecular formula is C20H23ClF3N3O2. The smallest absolute Gasteiger partial charge is 0.352 e. The van der Waals surface area contributed by atoms with Crippen LogP contribution in [-0.4, -0.2) is 59.9 Å². The molecule has 2 fully saturated rings. The Kier molecular flexibility index (Phi) is 6.53. The van der Waals surface area contributed by atoms with Crippen LogP contribution in [0.25, 0.3) is 6.08 Å². The van der Waals surface area contributed by atoms with Crippen molar-refractivity contribution >= 4 is 29.5 Å². The molecule has 0 radical (unpaired) electrons. The van der Waals surface area contributed by atoms with Crippen LogP contribution in [0.15, 0.2) is 24.3 Å². The molecule has 5 nitrogen and oxygen atoms in total. The first-order valence-corrected chi connectivity index (χ1v) is 9.91. The summed E-state index contributed by atoms with van der Waals surface area (Å²) in [6.45, 7) is 3.86. The number of nitrogens with one attached hydrogen (secondary N) is 1. The van der Waals surface area contributed by atoms with E-state index < -0.39 is 11.7 Å². The monoisotopic (exact) mass is 429 g/mol. The molecule has 1 heterocycles. The van der Waals surface area contributed by atoms with Crippen LogP contribution in [0.2, 0.25) is 5.02 Å². The van der Waals surface area contributed by atoms with Gasteiger partial charge in [-0.05, 0) is 49.6 Å². The number of nitrogens with zero attached hydrogens (tertiary/aromatic N) is 2. The van der Waals surface area contributed by atoms with Crippen LogP contribution in [0, 0.1) is 0 Å². The molecule has 29 heavy (non-hydrogen) atoms. The van der Waals surface area contributed by atoms with E-state index in [1.165, 1.54) is 18.2 Å². The molecule has 3 rings (SSSR count). The van der Waals surface area contributed by atoms with E-state index in [4.69, 9.17) is 11.6 Å². The maximum Gasteiger partial charge on any atom is 0.416 e. The summed E-state index contributed by atoms with van der Waals surface area (Å²) in [6, 6.07) is 3.04. The molecule has 1 saturated carbocycles. The van der Waals surface area contributed by atoms with E-state index in [-0.39, 0.29) is 28.4 Å². The van der Waals surface area contributed by atoms with Gasteiger partial charge in [-0.3, -0.25) is 14.5 Å². The number of carbonyl (C=O) groups excluding carboxylic acids is 2. The van der Waals surface area contributed by atoms with Gasteiger partial charge in [0.05, 0.1) is 11.6 Å². The van der Waals surface area contributed by atoms with Crippen molar-refractivity contribution in [2.75, 3.05) is 26.2 Å². The lowest BCUT2D eigenvalue weighted by molar-refractivity contribution is -0.137. The van der Waals surface area contributed by atoms with E-state index in [0.717, 1.165) is 25.0 Å². The molecule has 0 spiro atoms. The first-order valence-electron chi connectivity index (χ1n) is 9.53. The molecule has 0 bridgehead atoms. The van der Waals surface area contributed by atoms with Gasteiger partial charge in [-0.2, -0.15) is 13.2 Å². The van der Waals surface area contributed by atoms with Crippen molar-refractivity contribution in [1.82, 2.24) is 15.1 Å². The molecule has 2 aliphatic rings. The number of hydrogen-bond donors (Lipinski definition) is 1. The number of amides is 2. The lowest BCUT2D eigenvalue weighted by atomic mass is 10.1. The maximum atomic E-state index is 12.8. The zero-order valence-electron chi connectivity index (χ0n) is 16.0. The van der Waals surface area contributed by atoms with Gasteiger partial charge in [0, 0.05) is 43.3 Å². The molecule has 1 N–H and O–H groups in total. The highest BCUT2D eigenvalue weighted by atomic mass is 35.5. The van der Waals surface area contributed by atoms with Gasteiger partial charge in [0.1, 0.15) is 0 Å². The Morgan fingerprint density at radius 3 is 2.45 bits per heavy atom. The third kappa shape index (κ3) is 5.73. The minimum Gasteiger partial charge on any atom is -0.352 e. The molecule has 1 unspecified atom stereocenters. The van der Waals surface area contributed by atoms with Crippen LogP contribution in [0.1, 0.15) is 30.9 Å². The van der Waals surface area contributed by atoms with Gasteiger partial charge in [-0.1, -0.05) is 11.6 Å². The van der Waals surface area contributed by atoms with Gasteiger partial charge in [0.2, 0.25) is 11.8 Å². The van der Waals surface area contributed by atoms with Crippen molar-refractivity contribution in [3.8, 4) is 0 Å². The first-order chi connectivity index (χ1) is 13.6. The second kappa shape index (κ2) is 8.75. The summed E-state index contributed by atoms with van der Waals surface area (Å²) in [4.78, 5) is 28.2. The molecule has 1 aliphatic heterocycles. The highest BCUT2D eigenvalue weighted by Gasteiger charge is 2.31. The predicted molar refractivity (Wildman–Crippen MR) is 104 cm³/mol. The van der Waals surface area contributed by atoms with Crippen LogP contribution < -0.4 is 5.32 Å². The summed E-state index contributed by atoms with van der Waals surface area (Å²) in [5.74, 6) is -0.292. The van der Waals surface area contributed by atoms with Crippen molar-refractivity contribution in [2.24, 2.45) is 0 Å². The Bertz CT molecular complexity index is 801. The predicted octanol–water partition coefficient (Wildman–Crippen LogP) is 3.18. The van der Waals surface area contributed by atoms with Crippen LogP contribution in [0.4, 0.5) is 13.2 Å². The molecule has 1 aromatic rings. The average molecular weight is 430 g/mol. The molecule has 1 saturated heterocycles. The van der Waals surface area contributed by atoms with Crippen LogP contribution >= 0.6 is 11.6 Å². The number of hydrogen-bond acceptors (Lipinski definition) is 3. The van der Waals surface area contributed by atoms with Gasteiger partial charge >= 0.3 is 6.18 Å². The molecule has 0 aromatic heterocycles. The van der Waals surface area contributed by atoms with Crippen LogP contribution in [0.5, 0.6) is 0 Å². The van der Waals surface area contributed by atoms with Crippen molar-refractivity contribution in [3.63, 3.8) is 0 Å². The standard InChI is InChI=1S/C20H23ClF3N3O2/c1-13(19(29)25-16-4-5-16)26-8-10-27(11-9-26)18(28)7-2-14-12-15(20(22,23)24)3-6-17(14)21/h2-3,6-7,12-13,16H,4-5,8-11H2,1H3,(H,25,29)/b7-2+. The molecule has 2 amide bonds. The van der Waals surface area contributed by atoms with Crippen molar-refractivity contribution in [3.05, 3.63) is 40.4 Å². The number of carbonyl (C=O) groups is 2. The fourth-order valence-corrected chi connectivity index (χ4v) is 3.34. The molecule has 158 valence electrons. The maximum absolute atomic E-state index is 12.8. The fraction of sp³-hybridized carbons (Fsp3) is 0.500. The zero-order chi connectivity index (χ0) is 21.2. The number of rotatable bonds is 5. The minimum atomic E-state index is -4.48. The van der Waals surface area contributed by atoms with E-state index in [1.807, 2.05) is 11.8 Å².